The Balaban J connectivity index is 2.42. The fraction of sp³-hybridized carbons (Fsp3) is 0.263. The second-order valence-corrected chi connectivity index (χ2v) is 8.00. The molecule has 168 valence electrons. The fourth-order valence-corrected chi connectivity index (χ4v) is 2.79. The minimum absolute atomic E-state index is 0.367. The number of nitrogens with zero attached hydrogens (tertiary/aromatic N) is 3. The molecule has 0 radical (unpaired) electrons. The fourth-order valence-electron chi connectivity index (χ4n) is 2.20. The Labute approximate surface area is 182 Å². The van der Waals surface area contributed by atoms with Crippen molar-refractivity contribution in [3.8, 4) is 5.75 Å². The van der Waals surface area contributed by atoms with Crippen LogP contribution in [0, 0.1) is 0 Å². The van der Waals surface area contributed by atoms with Gasteiger partial charge in [-0.15, -0.1) is 10.2 Å². The molecule has 0 heterocycles. The first-order chi connectivity index (χ1) is 14.4. The summed E-state index contributed by atoms with van der Waals surface area (Å²) in [5, 5.41) is 10.3. The average molecular weight is 478 g/mol. The largest absolute Gasteiger partial charge is 0.534 e. The number of rotatable bonds is 7. The first kappa shape index (κ1) is 24.6. The molecule has 0 saturated carbocycles. The summed E-state index contributed by atoms with van der Waals surface area (Å²) in [5.74, 6) is -0.0446. The third-order valence-corrected chi connectivity index (χ3v) is 5.04. The number of hydrogen-bond acceptors (Lipinski definition) is 6. The van der Waals surface area contributed by atoms with E-state index >= 15 is 0 Å². The van der Waals surface area contributed by atoms with E-state index in [2.05, 4.69) is 14.4 Å². The van der Waals surface area contributed by atoms with E-state index in [0.717, 1.165) is 12.1 Å². The van der Waals surface area contributed by atoms with Crippen molar-refractivity contribution >= 4 is 33.3 Å². The number of alkyl halides is 3. The summed E-state index contributed by atoms with van der Waals surface area (Å²) in [6, 6.07) is 11.6. The Morgan fingerprint density at radius 2 is 1.55 bits per heavy atom. The minimum atomic E-state index is -5.76. The highest BCUT2D eigenvalue weighted by Crippen LogP contribution is 2.27. The van der Waals surface area contributed by atoms with Gasteiger partial charge in [0.1, 0.15) is 17.3 Å². The zero-order valence-corrected chi connectivity index (χ0v) is 18.3. The molecule has 12 heteroatoms. The molecule has 0 fully saturated rings. The van der Waals surface area contributed by atoms with Gasteiger partial charge in [0, 0.05) is 23.2 Å². The van der Waals surface area contributed by atoms with Crippen LogP contribution >= 0.6 is 11.6 Å². The molecule has 0 aliphatic rings. The molecular formula is C19H19ClF3N3O4S. The van der Waals surface area contributed by atoms with E-state index in [1.165, 1.54) is 17.2 Å². The molecule has 2 rings (SSSR count). The molecule has 2 aromatic rings. The van der Waals surface area contributed by atoms with Crippen LogP contribution < -0.4 is 4.18 Å². The van der Waals surface area contributed by atoms with Gasteiger partial charge in [0.05, 0.1) is 6.61 Å². The molecule has 0 bridgehead atoms. The zero-order valence-electron chi connectivity index (χ0n) is 16.7. The molecule has 0 aromatic heterocycles. The summed E-state index contributed by atoms with van der Waals surface area (Å²) < 4.78 is 64.0. The first-order valence-electron chi connectivity index (χ1n) is 8.80. The topological polar surface area (TPSA) is 80.6 Å². The van der Waals surface area contributed by atoms with Crippen LogP contribution in [-0.2, 0) is 15.0 Å². The monoisotopic (exact) mass is 477 g/mol. The molecule has 0 aliphatic carbocycles. The zero-order chi connectivity index (χ0) is 23.2. The quantitative estimate of drug-likeness (QED) is 0.191. The smallest absolute Gasteiger partial charge is 0.376 e. The molecule has 7 nitrogen and oxygen atoms in total. The second kappa shape index (κ2) is 10.1. The summed E-state index contributed by atoms with van der Waals surface area (Å²) in [6.07, 6.45) is 0. The molecular weight excluding hydrogens is 459 g/mol. The summed E-state index contributed by atoms with van der Waals surface area (Å²) >= 11 is 5.93. The van der Waals surface area contributed by atoms with Crippen molar-refractivity contribution in [2.75, 3.05) is 13.7 Å². The summed E-state index contributed by atoms with van der Waals surface area (Å²) in [5.41, 5.74) is -4.09. The molecule has 31 heavy (non-hydrogen) atoms. The van der Waals surface area contributed by atoms with Crippen molar-refractivity contribution in [2.24, 2.45) is 10.2 Å². The lowest BCUT2D eigenvalue weighted by atomic mass is 10.0. The number of hydrogen-bond donors (Lipinski definition) is 0. The number of benzene rings is 2. The van der Waals surface area contributed by atoms with E-state index in [9.17, 15) is 21.6 Å². The molecule has 0 N–H and O–H groups in total. The van der Waals surface area contributed by atoms with Gasteiger partial charge in [0.2, 0.25) is 0 Å². The van der Waals surface area contributed by atoms with Crippen LogP contribution in [0.25, 0.3) is 0 Å². The third-order valence-electron chi connectivity index (χ3n) is 3.81. The number of amidine groups is 1. The maximum absolute atomic E-state index is 12.5. The lowest BCUT2D eigenvalue weighted by molar-refractivity contribution is -0.0734. The highest BCUT2D eigenvalue weighted by Gasteiger charge is 2.48. The number of halogens is 4. The molecule has 0 saturated heterocycles. The van der Waals surface area contributed by atoms with Crippen molar-refractivity contribution in [1.29, 1.82) is 0 Å². The second-order valence-electron chi connectivity index (χ2n) is 6.03. The van der Waals surface area contributed by atoms with Crippen molar-refractivity contribution < 1.29 is 30.6 Å². The lowest BCUT2D eigenvalue weighted by Crippen LogP contribution is -2.28. The first-order valence-corrected chi connectivity index (χ1v) is 10.6. The predicted octanol–water partition coefficient (Wildman–Crippen LogP) is 4.62. The van der Waals surface area contributed by atoms with E-state index in [1.807, 2.05) is 6.92 Å². The SMILES string of the molecule is CCON(C)C(C)=NN=C(c1ccc(Cl)cc1)c1ccc(OS(=O)(=O)C(F)(F)F)cc1. The lowest BCUT2D eigenvalue weighted by Gasteiger charge is -2.15. The van der Waals surface area contributed by atoms with Gasteiger partial charge in [-0.1, -0.05) is 23.7 Å². The average Bonchev–Trinajstić information content (AvgIpc) is 2.69. The van der Waals surface area contributed by atoms with Crippen LogP contribution in [0.5, 0.6) is 5.75 Å². The predicted molar refractivity (Wildman–Crippen MR) is 112 cm³/mol. The van der Waals surface area contributed by atoms with Crippen molar-refractivity contribution in [3.05, 3.63) is 64.7 Å². The van der Waals surface area contributed by atoms with Gasteiger partial charge >= 0.3 is 15.6 Å². The standard InChI is InChI=1S/C19H19ClF3N3O4S/c1-4-29-26(3)13(2)24-25-18(14-5-9-16(20)10-6-14)15-7-11-17(12-8-15)30-31(27,28)19(21,22)23/h5-12H,4H2,1-3H3. The van der Waals surface area contributed by atoms with Gasteiger partial charge in [-0.3, -0.25) is 4.84 Å². The van der Waals surface area contributed by atoms with E-state index in [4.69, 9.17) is 16.4 Å². The summed E-state index contributed by atoms with van der Waals surface area (Å²) in [7, 11) is -4.10. The summed E-state index contributed by atoms with van der Waals surface area (Å²) in [4.78, 5) is 5.30. The Hall–Kier alpha value is -2.63. The molecule has 0 spiro atoms. The molecule has 0 aliphatic heterocycles. The number of hydroxylamine groups is 2. The Bertz CT molecular complexity index is 1050. The Kier molecular flexibility index (Phi) is 8.04. The Morgan fingerprint density at radius 3 is 2.03 bits per heavy atom. The highest BCUT2D eigenvalue weighted by atomic mass is 35.5. The van der Waals surface area contributed by atoms with Gasteiger partial charge in [-0.25, -0.2) is 5.06 Å². The van der Waals surface area contributed by atoms with Gasteiger partial charge in [-0.05, 0) is 50.2 Å². The van der Waals surface area contributed by atoms with Crippen LogP contribution in [0.4, 0.5) is 13.2 Å². The summed E-state index contributed by atoms with van der Waals surface area (Å²) in [6.45, 7) is 3.92. The molecule has 2 aromatic carbocycles. The van der Waals surface area contributed by atoms with Gasteiger partial charge in [-0.2, -0.15) is 21.6 Å². The van der Waals surface area contributed by atoms with E-state index in [-0.39, 0.29) is 0 Å². The van der Waals surface area contributed by atoms with Crippen LogP contribution in [0.15, 0.2) is 58.7 Å². The Morgan fingerprint density at radius 1 is 1.03 bits per heavy atom. The van der Waals surface area contributed by atoms with Crippen LogP contribution in [0.2, 0.25) is 5.02 Å². The van der Waals surface area contributed by atoms with Crippen LogP contribution in [-0.4, -0.2) is 44.2 Å². The van der Waals surface area contributed by atoms with E-state index in [1.54, 1.807) is 38.2 Å². The van der Waals surface area contributed by atoms with Crippen molar-refractivity contribution in [1.82, 2.24) is 5.06 Å². The van der Waals surface area contributed by atoms with E-state index < -0.39 is 21.4 Å². The van der Waals surface area contributed by atoms with Crippen molar-refractivity contribution in [3.63, 3.8) is 0 Å². The maximum Gasteiger partial charge on any atom is 0.534 e. The van der Waals surface area contributed by atoms with Crippen LogP contribution in [0.1, 0.15) is 25.0 Å². The molecule has 0 atom stereocenters. The molecule has 0 unspecified atom stereocenters. The van der Waals surface area contributed by atoms with Crippen molar-refractivity contribution in [2.45, 2.75) is 19.4 Å². The minimum Gasteiger partial charge on any atom is -0.376 e. The van der Waals surface area contributed by atoms with E-state index in [0.29, 0.717) is 34.3 Å². The van der Waals surface area contributed by atoms with Gasteiger partial charge in [0.25, 0.3) is 0 Å². The highest BCUT2D eigenvalue weighted by molar-refractivity contribution is 7.88. The maximum atomic E-state index is 12.5. The molecule has 0 amide bonds. The normalized spacial score (nSPS) is 13.3. The van der Waals surface area contributed by atoms with Gasteiger partial charge in [0.15, 0.2) is 0 Å². The van der Waals surface area contributed by atoms with Gasteiger partial charge < -0.3 is 4.18 Å². The third kappa shape index (κ3) is 6.68. The van der Waals surface area contributed by atoms with Crippen LogP contribution in [0.3, 0.4) is 0 Å².